The van der Waals surface area contributed by atoms with Gasteiger partial charge in [0.2, 0.25) is 0 Å². The van der Waals surface area contributed by atoms with Crippen LogP contribution in [0, 0.1) is 0 Å². The van der Waals surface area contributed by atoms with E-state index in [-0.39, 0.29) is 18.2 Å². The summed E-state index contributed by atoms with van der Waals surface area (Å²) in [6.45, 7) is 14.9. The summed E-state index contributed by atoms with van der Waals surface area (Å²) in [5.74, 6) is 0. The molecule has 2 heterocycles. The summed E-state index contributed by atoms with van der Waals surface area (Å²) in [4.78, 5) is 27.2. The Balaban J connectivity index is 0.000000281. The van der Waals surface area contributed by atoms with E-state index in [0.29, 0.717) is 19.1 Å². The zero-order valence-electron chi connectivity index (χ0n) is 22.8. The van der Waals surface area contributed by atoms with Gasteiger partial charge < -0.3 is 30.3 Å². The lowest BCUT2D eigenvalue weighted by Gasteiger charge is -2.34. The molecule has 2 fully saturated rings. The largest absolute Gasteiger partial charge is 0.444 e. The van der Waals surface area contributed by atoms with Gasteiger partial charge in [0.25, 0.3) is 0 Å². The quantitative estimate of drug-likeness (QED) is 0.566. The second-order valence-electron chi connectivity index (χ2n) is 11.6. The highest BCUT2D eigenvalue weighted by Gasteiger charge is 2.28. The highest BCUT2D eigenvalue weighted by molar-refractivity contribution is 6.30. The first-order valence-corrected chi connectivity index (χ1v) is 13.3. The first kappa shape index (κ1) is 30.2. The van der Waals surface area contributed by atoms with Crippen LogP contribution in [-0.4, -0.2) is 71.5 Å². The number of carbonyl (C=O) groups is 2. The lowest BCUT2D eigenvalue weighted by Crippen LogP contribution is -2.49. The molecule has 204 valence electrons. The van der Waals surface area contributed by atoms with Crippen LogP contribution >= 0.6 is 11.6 Å². The van der Waals surface area contributed by atoms with Crippen molar-refractivity contribution >= 4 is 23.8 Å². The van der Waals surface area contributed by atoms with Crippen LogP contribution in [0.4, 0.5) is 9.59 Å². The molecule has 0 spiro atoms. The van der Waals surface area contributed by atoms with Gasteiger partial charge in [0.05, 0.1) is 0 Å². The van der Waals surface area contributed by atoms with Crippen LogP contribution in [0.2, 0.25) is 5.02 Å². The number of nitrogens with one attached hydrogen (secondary N) is 1. The Kier molecular flexibility index (Phi) is 11.3. The van der Waals surface area contributed by atoms with E-state index in [1.54, 1.807) is 9.80 Å². The fourth-order valence-electron chi connectivity index (χ4n) is 4.00. The SMILES string of the molecule is CC(C)(C)OC(=O)N1CCC[C@@H](N)C1.CC(C)(C)OC(=O)N1CCC[C@@H](NCc2ccc(Cl)cc2)C1. The minimum absolute atomic E-state index is 0.108. The summed E-state index contributed by atoms with van der Waals surface area (Å²) in [5, 5.41) is 4.26. The molecule has 0 saturated carbocycles. The zero-order valence-corrected chi connectivity index (χ0v) is 23.6. The van der Waals surface area contributed by atoms with Gasteiger partial charge in [-0.15, -0.1) is 0 Å². The number of ether oxygens (including phenoxy) is 2. The van der Waals surface area contributed by atoms with Crippen LogP contribution in [0.1, 0.15) is 72.8 Å². The number of carbonyl (C=O) groups excluding carboxylic acids is 2. The molecule has 0 aromatic heterocycles. The fourth-order valence-corrected chi connectivity index (χ4v) is 4.13. The minimum Gasteiger partial charge on any atom is -0.444 e. The van der Waals surface area contributed by atoms with Gasteiger partial charge in [0.1, 0.15) is 11.2 Å². The molecule has 2 aliphatic heterocycles. The van der Waals surface area contributed by atoms with Gasteiger partial charge in [-0.3, -0.25) is 0 Å². The van der Waals surface area contributed by atoms with E-state index in [4.69, 9.17) is 26.8 Å². The Bertz CT molecular complexity index is 836. The standard InChI is InChI=1S/C17H25ClN2O2.C10H20N2O2/c1-17(2,3)22-16(21)20-10-4-5-15(12-20)19-11-13-6-8-14(18)9-7-13;1-10(2,3)14-9(13)12-6-4-5-8(11)7-12/h6-9,15,19H,4-5,10-12H2,1-3H3;8H,4-7,11H2,1-3H3/t15-;8-/m11/s1. The van der Waals surface area contributed by atoms with Crippen LogP contribution < -0.4 is 11.1 Å². The van der Waals surface area contributed by atoms with Crippen molar-refractivity contribution in [1.29, 1.82) is 0 Å². The van der Waals surface area contributed by atoms with E-state index in [1.807, 2.05) is 65.8 Å². The van der Waals surface area contributed by atoms with Gasteiger partial charge >= 0.3 is 12.2 Å². The fraction of sp³-hybridized carbons (Fsp3) is 0.704. The Morgan fingerprint density at radius 3 is 1.92 bits per heavy atom. The number of benzene rings is 1. The smallest absolute Gasteiger partial charge is 0.410 e. The molecule has 0 radical (unpaired) electrons. The summed E-state index contributed by atoms with van der Waals surface area (Å²) in [6, 6.07) is 8.24. The molecular formula is C27H45ClN4O4. The predicted molar refractivity (Wildman–Crippen MR) is 144 cm³/mol. The van der Waals surface area contributed by atoms with E-state index in [1.165, 1.54) is 5.56 Å². The summed E-state index contributed by atoms with van der Waals surface area (Å²) in [6.07, 6.45) is 3.59. The lowest BCUT2D eigenvalue weighted by molar-refractivity contribution is 0.0182. The summed E-state index contributed by atoms with van der Waals surface area (Å²) < 4.78 is 10.7. The Labute approximate surface area is 221 Å². The molecule has 0 bridgehead atoms. The number of nitrogens with two attached hydrogens (primary N) is 1. The monoisotopic (exact) mass is 524 g/mol. The normalized spacial score (nSPS) is 20.8. The Hall–Kier alpha value is -2.03. The third-order valence-electron chi connectivity index (χ3n) is 5.69. The van der Waals surface area contributed by atoms with Gasteiger partial charge in [-0.1, -0.05) is 23.7 Å². The molecule has 2 amide bonds. The van der Waals surface area contributed by atoms with Crippen molar-refractivity contribution in [1.82, 2.24) is 15.1 Å². The van der Waals surface area contributed by atoms with Crippen LogP contribution in [-0.2, 0) is 16.0 Å². The molecule has 1 aromatic carbocycles. The Morgan fingerprint density at radius 1 is 0.917 bits per heavy atom. The molecule has 1 aromatic rings. The molecule has 0 unspecified atom stereocenters. The minimum atomic E-state index is -0.444. The van der Waals surface area contributed by atoms with Crippen LogP contribution in [0.5, 0.6) is 0 Å². The van der Waals surface area contributed by atoms with Crippen LogP contribution in [0.15, 0.2) is 24.3 Å². The number of amides is 2. The van der Waals surface area contributed by atoms with Crippen molar-refractivity contribution in [3.05, 3.63) is 34.9 Å². The van der Waals surface area contributed by atoms with E-state index >= 15 is 0 Å². The molecule has 0 aliphatic carbocycles. The second kappa shape index (κ2) is 13.5. The molecule has 2 aliphatic rings. The molecule has 3 N–H and O–H groups in total. The maximum absolute atomic E-state index is 12.1. The van der Waals surface area contributed by atoms with E-state index in [9.17, 15) is 9.59 Å². The number of nitrogens with zero attached hydrogens (tertiary/aromatic N) is 2. The first-order valence-electron chi connectivity index (χ1n) is 12.9. The predicted octanol–water partition coefficient (Wildman–Crippen LogP) is 5.17. The van der Waals surface area contributed by atoms with Crippen LogP contribution in [0.25, 0.3) is 0 Å². The maximum atomic E-state index is 12.1. The highest BCUT2D eigenvalue weighted by Crippen LogP contribution is 2.17. The number of likely N-dealkylation sites (tertiary alicyclic amines) is 2. The zero-order chi connectivity index (χ0) is 26.9. The van der Waals surface area contributed by atoms with Gasteiger partial charge in [-0.25, -0.2) is 9.59 Å². The summed E-state index contributed by atoms with van der Waals surface area (Å²) in [7, 11) is 0. The Morgan fingerprint density at radius 2 is 1.42 bits per heavy atom. The van der Waals surface area contributed by atoms with Crippen molar-refractivity contribution < 1.29 is 19.1 Å². The van der Waals surface area contributed by atoms with Crippen molar-refractivity contribution in [2.24, 2.45) is 5.73 Å². The third kappa shape index (κ3) is 11.8. The maximum Gasteiger partial charge on any atom is 0.410 e. The highest BCUT2D eigenvalue weighted by atomic mass is 35.5. The number of hydrogen-bond acceptors (Lipinski definition) is 6. The molecule has 3 rings (SSSR count). The molecule has 9 heteroatoms. The number of rotatable bonds is 3. The summed E-state index contributed by atoms with van der Waals surface area (Å²) in [5.41, 5.74) is 6.11. The second-order valence-corrected chi connectivity index (χ2v) is 12.0. The molecule has 36 heavy (non-hydrogen) atoms. The van der Waals surface area contributed by atoms with E-state index in [0.717, 1.165) is 50.3 Å². The van der Waals surface area contributed by atoms with Crippen molar-refractivity contribution in [3.63, 3.8) is 0 Å². The van der Waals surface area contributed by atoms with E-state index in [2.05, 4.69) is 5.32 Å². The van der Waals surface area contributed by atoms with Gasteiger partial charge in [-0.05, 0) is 84.9 Å². The van der Waals surface area contributed by atoms with Crippen molar-refractivity contribution in [3.8, 4) is 0 Å². The summed E-state index contributed by atoms with van der Waals surface area (Å²) >= 11 is 5.89. The number of hydrogen-bond donors (Lipinski definition) is 2. The van der Waals surface area contributed by atoms with Gasteiger partial charge in [-0.2, -0.15) is 0 Å². The third-order valence-corrected chi connectivity index (χ3v) is 5.94. The molecule has 2 saturated heterocycles. The lowest BCUT2D eigenvalue weighted by atomic mass is 10.1. The van der Waals surface area contributed by atoms with Crippen molar-refractivity contribution in [2.45, 2.75) is 97.1 Å². The molecule has 2 atom stereocenters. The average Bonchev–Trinajstić information content (AvgIpc) is 2.77. The van der Waals surface area contributed by atoms with E-state index < -0.39 is 11.2 Å². The van der Waals surface area contributed by atoms with Crippen LogP contribution in [0.3, 0.4) is 0 Å². The van der Waals surface area contributed by atoms with Gasteiger partial charge in [0, 0.05) is 49.8 Å². The number of piperidine rings is 2. The topological polar surface area (TPSA) is 97.1 Å². The molecule has 8 nitrogen and oxygen atoms in total. The van der Waals surface area contributed by atoms with Gasteiger partial charge in [0.15, 0.2) is 0 Å². The first-order chi connectivity index (χ1) is 16.7. The molecular weight excluding hydrogens is 480 g/mol. The van der Waals surface area contributed by atoms with Crippen molar-refractivity contribution in [2.75, 3.05) is 26.2 Å². The number of halogens is 1. The average molecular weight is 525 g/mol.